The topological polar surface area (TPSA) is 40.1 Å². The van der Waals surface area contributed by atoms with Gasteiger partial charge in [0.1, 0.15) is 6.26 Å². The van der Waals surface area contributed by atoms with E-state index in [0.29, 0.717) is 6.42 Å². The van der Waals surface area contributed by atoms with Gasteiger partial charge in [-0.25, -0.2) is 0 Å². The van der Waals surface area contributed by atoms with Crippen LogP contribution >= 0.6 is 15.9 Å². The van der Waals surface area contributed by atoms with Crippen molar-refractivity contribution in [3.05, 3.63) is 29.8 Å². The Kier molecular flexibility index (Phi) is 3.96. The highest BCUT2D eigenvalue weighted by Gasteiger charge is 2.04. The summed E-state index contributed by atoms with van der Waals surface area (Å²) in [7, 11) is 0. The average Bonchev–Trinajstić information content (AvgIpc) is 2.04. The van der Waals surface area contributed by atoms with Gasteiger partial charge in [-0.05, 0) is 44.8 Å². The highest BCUT2D eigenvalue weighted by Crippen LogP contribution is 2.11. The summed E-state index contributed by atoms with van der Waals surface area (Å²) in [5.74, 6) is 0. The second-order valence-corrected chi connectivity index (χ2v) is 4.89. The van der Waals surface area contributed by atoms with Gasteiger partial charge in [-0.15, -0.1) is 0 Å². The Balaban J connectivity index is 2.75. The van der Waals surface area contributed by atoms with Crippen LogP contribution in [0, 0.1) is 0 Å². The molecular weight excluding hydrogens is 252 g/mol. The van der Waals surface area contributed by atoms with Gasteiger partial charge in [-0.1, -0.05) is 12.1 Å². The summed E-state index contributed by atoms with van der Waals surface area (Å²) in [6.07, 6.45) is 2.00. The quantitative estimate of drug-likeness (QED) is 0.615. The molecule has 70 valence electrons. The summed E-state index contributed by atoms with van der Waals surface area (Å²) in [5.41, 5.74) is 0.927. The third-order valence-corrected chi connectivity index (χ3v) is 2.81. The van der Waals surface area contributed by atoms with Crippen LogP contribution in [-0.4, -0.2) is 15.5 Å². The van der Waals surface area contributed by atoms with Crippen LogP contribution in [0.5, 0.6) is 0 Å². The molecule has 0 fully saturated rings. The monoisotopic (exact) mass is 260 g/mol. The SMILES string of the molecule is C[S+]([O-])c1ccc(CC(=O)Br)cc1. The maximum absolute atomic E-state index is 11.0. The van der Waals surface area contributed by atoms with E-state index in [9.17, 15) is 9.35 Å². The minimum Gasteiger partial charge on any atom is -0.612 e. The zero-order valence-electron chi connectivity index (χ0n) is 7.12. The number of carbonyl (C=O) groups is 1. The lowest BCUT2D eigenvalue weighted by Gasteiger charge is -2.04. The molecule has 0 radical (unpaired) electrons. The van der Waals surface area contributed by atoms with Gasteiger partial charge in [0, 0.05) is 6.42 Å². The summed E-state index contributed by atoms with van der Waals surface area (Å²) in [4.78, 5) is 11.5. The van der Waals surface area contributed by atoms with Crippen molar-refractivity contribution < 1.29 is 9.35 Å². The van der Waals surface area contributed by atoms with E-state index in [1.165, 1.54) is 0 Å². The fourth-order valence-electron chi connectivity index (χ4n) is 0.959. The fraction of sp³-hybridized carbons (Fsp3) is 0.222. The Hall–Kier alpha value is -0.320. The van der Waals surface area contributed by atoms with Gasteiger partial charge < -0.3 is 4.55 Å². The molecule has 13 heavy (non-hydrogen) atoms. The third-order valence-electron chi connectivity index (χ3n) is 1.60. The minimum absolute atomic E-state index is 0.0436. The van der Waals surface area contributed by atoms with Crippen molar-refractivity contribution in [2.24, 2.45) is 0 Å². The molecule has 0 spiro atoms. The zero-order valence-corrected chi connectivity index (χ0v) is 9.52. The molecule has 0 saturated carbocycles. The molecule has 0 aliphatic carbocycles. The smallest absolute Gasteiger partial charge is 0.202 e. The van der Waals surface area contributed by atoms with E-state index >= 15 is 0 Å². The maximum Gasteiger partial charge on any atom is 0.202 e. The van der Waals surface area contributed by atoms with E-state index in [4.69, 9.17) is 0 Å². The van der Waals surface area contributed by atoms with Crippen molar-refractivity contribution in [2.75, 3.05) is 6.26 Å². The number of benzene rings is 1. The van der Waals surface area contributed by atoms with Gasteiger partial charge in [-0.2, -0.15) is 0 Å². The first kappa shape index (κ1) is 10.8. The molecule has 0 saturated heterocycles. The van der Waals surface area contributed by atoms with Crippen LogP contribution in [0.3, 0.4) is 0 Å². The van der Waals surface area contributed by atoms with E-state index in [-0.39, 0.29) is 4.69 Å². The third kappa shape index (κ3) is 3.50. The van der Waals surface area contributed by atoms with Crippen molar-refractivity contribution in [3.8, 4) is 0 Å². The predicted molar refractivity (Wildman–Crippen MR) is 56.4 cm³/mol. The van der Waals surface area contributed by atoms with E-state index in [0.717, 1.165) is 10.5 Å². The molecule has 0 amide bonds. The van der Waals surface area contributed by atoms with Crippen molar-refractivity contribution in [1.29, 1.82) is 0 Å². The second kappa shape index (κ2) is 4.79. The van der Waals surface area contributed by atoms with Crippen molar-refractivity contribution >= 4 is 31.8 Å². The fourth-order valence-corrected chi connectivity index (χ4v) is 1.80. The normalized spacial score (nSPS) is 12.5. The Bertz CT molecular complexity index is 295. The number of hydrogen-bond donors (Lipinski definition) is 0. The van der Waals surface area contributed by atoms with Gasteiger partial charge in [-0.3, -0.25) is 4.79 Å². The largest absolute Gasteiger partial charge is 0.612 e. The summed E-state index contributed by atoms with van der Waals surface area (Å²) < 4.78 is 11.0. The number of halogens is 1. The molecule has 0 aromatic heterocycles. The van der Waals surface area contributed by atoms with Crippen LogP contribution in [0.1, 0.15) is 5.56 Å². The van der Waals surface area contributed by atoms with E-state index in [1.807, 2.05) is 12.1 Å². The molecule has 1 atom stereocenters. The maximum atomic E-state index is 11.0. The summed E-state index contributed by atoms with van der Waals surface area (Å²) in [5, 5.41) is 0. The van der Waals surface area contributed by atoms with Crippen LogP contribution in [0.2, 0.25) is 0 Å². The van der Waals surface area contributed by atoms with E-state index in [2.05, 4.69) is 15.9 Å². The molecule has 1 rings (SSSR count). The molecule has 1 aromatic rings. The van der Waals surface area contributed by atoms with Gasteiger partial charge in [0.15, 0.2) is 4.90 Å². The lowest BCUT2D eigenvalue weighted by atomic mass is 10.2. The van der Waals surface area contributed by atoms with Crippen LogP contribution in [0.25, 0.3) is 0 Å². The predicted octanol–water partition coefficient (Wildman–Crippen LogP) is 1.89. The highest BCUT2D eigenvalue weighted by molar-refractivity contribution is 9.18. The van der Waals surface area contributed by atoms with Crippen LogP contribution in [0.4, 0.5) is 0 Å². The van der Waals surface area contributed by atoms with Crippen LogP contribution in [-0.2, 0) is 22.4 Å². The van der Waals surface area contributed by atoms with Gasteiger partial charge in [0.25, 0.3) is 0 Å². The van der Waals surface area contributed by atoms with Crippen molar-refractivity contribution in [3.63, 3.8) is 0 Å². The number of carbonyl (C=O) groups excluding carboxylic acids is 1. The molecule has 1 aromatic carbocycles. The standard InChI is InChI=1S/C9H9BrO2S/c1-13(12)8-4-2-7(3-5-8)6-9(10)11/h2-5H,6H2,1H3. The van der Waals surface area contributed by atoms with Gasteiger partial charge in [0.2, 0.25) is 4.69 Å². The molecule has 4 heteroatoms. The molecule has 1 unspecified atom stereocenters. The van der Waals surface area contributed by atoms with Crippen molar-refractivity contribution in [1.82, 2.24) is 0 Å². The molecule has 2 nitrogen and oxygen atoms in total. The Morgan fingerprint density at radius 1 is 1.46 bits per heavy atom. The molecule has 0 aliphatic heterocycles. The average molecular weight is 261 g/mol. The van der Waals surface area contributed by atoms with E-state index < -0.39 is 11.2 Å². The van der Waals surface area contributed by atoms with Gasteiger partial charge >= 0.3 is 0 Å². The first-order valence-corrected chi connectivity index (χ1v) is 6.05. The molecule has 0 aliphatic rings. The molecular formula is C9H9BrO2S. The zero-order chi connectivity index (χ0) is 9.84. The molecule has 0 bridgehead atoms. The first-order chi connectivity index (χ1) is 6.09. The summed E-state index contributed by atoms with van der Waals surface area (Å²) in [6, 6.07) is 7.19. The minimum atomic E-state index is -0.947. The first-order valence-electron chi connectivity index (χ1n) is 3.70. The van der Waals surface area contributed by atoms with Crippen LogP contribution in [0.15, 0.2) is 29.2 Å². The van der Waals surface area contributed by atoms with Crippen LogP contribution < -0.4 is 0 Å². The Labute approximate surface area is 88.6 Å². The summed E-state index contributed by atoms with van der Waals surface area (Å²) in [6.45, 7) is 0. The van der Waals surface area contributed by atoms with Gasteiger partial charge in [0.05, 0.1) is 0 Å². The van der Waals surface area contributed by atoms with Crippen molar-refractivity contribution in [2.45, 2.75) is 11.3 Å². The lowest BCUT2D eigenvalue weighted by molar-refractivity contribution is -0.109. The molecule has 0 heterocycles. The number of rotatable bonds is 3. The molecule has 0 N–H and O–H groups in total. The number of hydrogen-bond acceptors (Lipinski definition) is 2. The Morgan fingerprint density at radius 2 is 2.00 bits per heavy atom. The second-order valence-electron chi connectivity index (χ2n) is 2.63. The Morgan fingerprint density at radius 3 is 2.38 bits per heavy atom. The van der Waals surface area contributed by atoms with E-state index in [1.54, 1.807) is 18.4 Å². The lowest BCUT2D eigenvalue weighted by Crippen LogP contribution is -1.98. The highest BCUT2D eigenvalue weighted by atomic mass is 79.9. The summed E-state index contributed by atoms with van der Waals surface area (Å²) >= 11 is 1.91.